The molecule has 1 rings (SSSR count). The molecule has 0 aromatic heterocycles. The van der Waals surface area contributed by atoms with Crippen molar-refractivity contribution in [2.75, 3.05) is 12.4 Å². The van der Waals surface area contributed by atoms with Crippen LogP contribution in [0.2, 0.25) is 0 Å². The normalized spacial score (nSPS) is 9.62. The summed E-state index contributed by atoms with van der Waals surface area (Å²) in [4.78, 5) is 20.9. The van der Waals surface area contributed by atoms with Gasteiger partial charge in [0.15, 0.2) is 0 Å². The zero-order valence-corrected chi connectivity index (χ0v) is 8.60. The van der Waals surface area contributed by atoms with Gasteiger partial charge >= 0.3 is 6.09 Å². The number of amides is 1. The first-order valence-corrected chi connectivity index (χ1v) is 4.41. The molecule has 0 saturated heterocycles. The summed E-state index contributed by atoms with van der Waals surface area (Å²) < 4.78 is 4.41. The second-order valence-corrected chi connectivity index (χ2v) is 2.92. The Balaban J connectivity index is 3.02. The SMILES string of the molecule is COC(=O)Nc1ccc([N+](=O)[O-])cc1CN. The fraction of sp³-hybridized carbons (Fsp3) is 0.222. The molecule has 0 bridgehead atoms. The van der Waals surface area contributed by atoms with Crippen LogP contribution in [0.25, 0.3) is 0 Å². The smallest absolute Gasteiger partial charge is 0.411 e. The van der Waals surface area contributed by atoms with E-state index in [0.29, 0.717) is 11.3 Å². The lowest BCUT2D eigenvalue weighted by Gasteiger charge is -2.08. The molecule has 1 aromatic carbocycles. The van der Waals surface area contributed by atoms with Crippen LogP contribution in [0.15, 0.2) is 18.2 Å². The molecule has 0 aliphatic heterocycles. The van der Waals surface area contributed by atoms with Crippen molar-refractivity contribution in [1.82, 2.24) is 0 Å². The van der Waals surface area contributed by atoms with E-state index in [-0.39, 0.29) is 12.2 Å². The number of rotatable bonds is 3. The van der Waals surface area contributed by atoms with Gasteiger partial charge in [0, 0.05) is 24.4 Å². The Morgan fingerprint density at radius 3 is 2.81 bits per heavy atom. The standard InChI is InChI=1S/C9H11N3O4/c1-16-9(13)11-8-3-2-7(12(14)15)4-6(8)5-10/h2-4H,5,10H2,1H3,(H,11,13). The summed E-state index contributed by atoms with van der Waals surface area (Å²) in [6.45, 7) is 0.0843. The van der Waals surface area contributed by atoms with Crippen molar-refractivity contribution < 1.29 is 14.5 Å². The van der Waals surface area contributed by atoms with Crippen LogP contribution in [-0.4, -0.2) is 18.1 Å². The van der Waals surface area contributed by atoms with Crippen LogP contribution in [0.1, 0.15) is 5.56 Å². The number of nitrogens with zero attached hydrogens (tertiary/aromatic N) is 1. The summed E-state index contributed by atoms with van der Waals surface area (Å²) in [5, 5.41) is 12.9. The first-order chi connectivity index (χ1) is 7.58. The number of hydrogen-bond donors (Lipinski definition) is 2. The van der Waals surface area contributed by atoms with Crippen LogP contribution < -0.4 is 11.1 Å². The molecule has 0 radical (unpaired) electrons. The summed E-state index contributed by atoms with van der Waals surface area (Å²) in [5.74, 6) is 0. The summed E-state index contributed by atoms with van der Waals surface area (Å²) in [6.07, 6.45) is -0.649. The van der Waals surface area contributed by atoms with Crippen LogP contribution >= 0.6 is 0 Å². The van der Waals surface area contributed by atoms with Gasteiger partial charge in [0.25, 0.3) is 5.69 Å². The molecule has 0 aliphatic carbocycles. The lowest BCUT2D eigenvalue weighted by atomic mass is 10.1. The molecule has 0 saturated carbocycles. The highest BCUT2D eigenvalue weighted by Gasteiger charge is 2.11. The van der Waals surface area contributed by atoms with Crippen LogP contribution in [0.5, 0.6) is 0 Å². The molecule has 16 heavy (non-hydrogen) atoms. The molecular formula is C9H11N3O4. The van der Waals surface area contributed by atoms with Crippen molar-refractivity contribution in [3.63, 3.8) is 0 Å². The average Bonchev–Trinajstić information content (AvgIpc) is 2.29. The second-order valence-electron chi connectivity index (χ2n) is 2.92. The van der Waals surface area contributed by atoms with E-state index in [9.17, 15) is 14.9 Å². The molecule has 3 N–H and O–H groups in total. The minimum atomic E-state index is -0.649. The number of nitro groups is 1. The van der Waals surface area contributed by atoms with Crippen molar-refractivity contribution >= 4 is 17.5 Å². The lowest BCUT2D eigenvalue weighted by molar-refractivity contribution is -0.384. The van der Waals surface area contributed by atoms with Crippen molar-refractivity contribution in [3.05, 3.63) is 33.9 Å². The van der Waals surface area contributed by atoms with Crippen LogP contribution in [0.4, 0.5) is 16.2 Å². The van der Waals surface area contributed by atoms with E-state index >= 15 is 0 Å². The van der Waals surface area contributed by atoms with Gasteiger partial charge in [-0.15, -0.1) is 0 Å². The quantitative estimate of drug-likeness (QED) is 0.594. The Morgan fingerprint density at radius 1 is 1.62 bits per heavy atom. The highest BCUT2D eigenvalue weighted by atomic mass is 16.6. The van der Waals surface area contributed by atoms with Crippen molar-refractivity contribution in [3.8, 4) is 0 Å². The number of benzene rings is 1. The molecule has 0 atom stereocenters. The Morgan fingerprint density at radius 2 is 2.31 bits per heavy atom. The minimum Gasteiger partial charge on any atom is -0.453 e. The number of non-ortho nitro benzene ring substituents is 1. The highest BCUT2D eigenvalue weighted by molar-refractivity contribution is 5.85. The molecule has 0 fully saturated rings. The fourth-order valence-corrected chi connectivity index (χ4v) is 1.15. The molecule has 0 spiro atoms. The first kappa shape index (κ1) is 11.9. The summed E-state index contributed by atoms with van der Waals surface area (Å²) in [6, 6.07) is 4.01. The maximum absolute atomic E-state index is 11.0. The molecule has 1 amide bonds. The van der Waals surface area contributed by atoms with E-state index in [2.05, 4.69) is 10.1 Å². The molecule has 0 aliphatic rings. The number of ether oxygens (including phenoxy) is 1. The summed E-state index contributed by atoms with van der Waals surface area (Å²) in [7, 11) is 1.23. The van der Waals surface area contributed by atoms with Gasteiger partial charge in [0.05, 0.1) is 12.0 Å². The van der Waals surface area contributed by atoms with Gasteiger partial charge in [-0.3, -0.25) is 15.4 Å². The van der Waals surface area contributed by atoms with Gasteiger partial charge in [0.1, 0.15) is 0 Å². The Labute approximate surface area is 91.3 Å². The van der Waals surface area contributed by atoms with Crippen molar-refractivity contribution in [1.29, 1.82) is 0 Å². The van der Waals surface area contributed by atoms with Crippen LogP contribution in [-0.2, 0) is 11.3 Å². The van der Waals surface area contributed by atoms with Crippen molar-refractivity contribution in [2.24, 2.45) is 5.73 Å². The number of carbonyl (C=O) groups excluding carboxylic acids is 1. The first-order valence-electron chi connectivity index (χ1n) is 4.41. The maximum atomic E-state index is 11.0. The third-order valence-electron chi connectivity index (χ3n) is 1.94. The average molecular weight is 225 g/mol. The zero-order chi connectivity index (χ0) is 12.1. The number of anilines is 1. The molecule has 1 aromatic rings. The van der Waals surface area contributed by atoms with E-state index in [1.165, 1.54) is 25.3 Å². The minimum absolute atomic E-state index is 0.0733. The van der Waals surface area contributed by atoms with Gasteiger partial charge in [0.2, 0.25) is 0 Å². The Hall–Kier alpha value is -2.15. The van der Waals surface area contributed by atoms with E-state index in [0.717, 1.165) is 0 Å². The molecule has 7 nitrogen and oxygen atoms in total. The third-order valence-corrected chi connectivity index (χ3v) is 1.94. The van der Waals surface area contributed by atoms with Crippen molar-refractivity contribution in [2.45, 2.75) is 6.54 Å². The number of nitrogens with two attached hydrogens (primary N) is 1. The topological polar surface area (TPSA) is 107 Å². The lowest BCUT2D eigenvalue weighted by Crippen LogP contribution is -2.13. The highest BCUT2D eigenvalue weighted by Crippen LogP contribution is 2.21. The van der Waals surface area contributed by atoms with Gasteiger partial charge in [-0.2, -0.15) is 0 Å². The number of hydrogen-bond acceptors (Lipinski definition) is 5. The monoisotopic (exact) mass is 225 g/mol. The maximum Gasteiger partial charge on any atom is 0.411 e. The number of nitrogens with one attached hydrogen (secondary N) is 1. The zero-order valence-electron chi connectivity index (χ0n) is 8.60. The number of carbonyl (C=O) groups is 1. The molecule has 7 heteroatoms. The number of methoxy groups -OCH3 is 1. The van der Waals surface area contributed by atoms with E-state index < -0.39 is 11.0 Å². The molecule has 86 valence electrons. The predicted molar refractivity (Wildman–Crippen MR) is 57.0 cm³/mol. The van der Waals surface area contributed by atoms with Crippen LogP contribution in [0.3, 0.4) is 0 Å². The second kappa shape index (κ2) is 5.08. The molecular weight excluding hydrogens is 214 g/mol. The Bertz CT molecular complexity index is 419. The van der Waals surface area contributed by atoms with Gasteiger partial charge in [-0.25, -0.2) is 4.79 Å². The summed E-state index contributed by atoms with van der Waals surface area (Å²) in [5.41, 5.74) is 6.22. The van der Waals surface area contributed by atoms with Gasteiger partial charge in [-0.05, 0) is 11.6 Å². The van der Waals surface area contributed by atoms with Crippen LogP contribution in [0, 0.1) is 10.1 Å². The molecule has 0 heterocycles. The fourth-order valence-electron chi connectivity index (χ4n) is 1.15. The van der Waals surface area contributed by atoms with Gasteiger partial charge in [-0.1, -0.05) is 0 Å². The van der Waals surface area contributed by atoms with Gasteiger partial charge < -0.3 is 10.5 Å². The largest absolute Gasteiger partial charge is 0.453 e. The van der Waals surface area contributed by atoms with E-state index in [1.54, 1.807) is 0 Å². The van der Waals surface area contributed by atoms with E-state index in [1.807, 2.05) is 0 Å². The summed E-state index contributed by atoms with van der Waals surface area (Å²) >= 11 is 0. The Kier molecular flexibility index (Phi) is 3.78. The van der Waals surface area contributed by atoms with E-state index in [4.69, 9.17) is 5.73 Å². The predicted octanol–water partition coefficient (Wildman–Crippen LogP) is 1.23. The third kappa shape index (κ3) is 2.67. The number of nitro benzene ring substituents is 1. The molecule has 0 unspecified atom stereocenters.